The minimum Gasteiger partial charge on any atom is -0.338 e. The number of aryl methyl sites for hydroxylation is 2. The van der Waals surface area contributed by atoms with Crippen LogP contribution in [0, 0.1) is 6.92 Å². The van der Waals surface area contributed by atoms with Gasteiger partial charge in [-0.1, -0.05) is 52.4 Å². The number of rotatable bonds is 9. The zero-order chi connectivity index (χ0) is 13.4. The lowest BCUT2D eigenvalue weighted by atomic mass is 10.1. The summed E-state index contributed by atoms with van der Waals surface area (Å²) in [5.41, 5.74) is 2.27. The molecule has 18 heavy (non-hydrogen) atoms. The average molecular weight is 251 g/mol. The zero-order valence-corrected chi connectivity index (χ0v) is 12.3. The molecule has 0 spiro atoms. The van der Waals surface area contributed by atoms with E-state index in [-0.39, 0.29) is 0 Å². The predicted molar refractivity (Wildman–Crippen MR) is 78.2 cm³/mol. The van der Waals surface area contributed by atoms with E-state index in [0.29, 0.717) is 0 Å². The largest absolute Gasteiger partial charge is 0.338 e. The third kappa shape index (κ3) is 4.35. The average Bonchev–Trinajstić information content (AvgIpc) is 2.63. The molecule has 0 aliphatic carbocycles. The lowest BCUT2D eigenvalue weighted by molar-refractivity contribution is 0.581. The third-order valence-electron chi connectivity index (χ3n) is 3.62. The van der Waals surface area contributed by atoms with Crippen LogP contribution in [0.2, 0.25) is 0 Å². The quantitative estimate of drug-likeness (QED) is 0.536. The molecule has 0 saturated carbocycles. The molecule has 0 aromatic carbocycles. The topological polar surface area (TPSA) is 43.8 Å². The fraction of sp³-hybridized carbons (Fsp3) is 0.800. The predicted octanol–water partition coefficient (Wildman–Crippen LogP) is 3.76. The second-order valence-electron chi connectivity index (χ2n) is 5.16. The van der Waals surface area contributed by atoms with E-state index in [0.717, 1.165) is 24.4 Å². The van der Waals surface area contributed by atoms with Crippen LogP contribution in [0.3, 0.4) is 0 Å². The number of unbranched alkanes of at least 4 members (excludes halogenated alkanes) is 6. The summed E-state index contributed by atoms with van der Waals surface area (Å²) in [7, 11) is 0. The summed E-state index contributed by atoms with van der Waals surface area (Å²) in [6, 6.07) is 0. The molecular formula is C15H29N3. The maximum absolute atomic E-state index is 6.05. The Hall–Kier alpha value is -0.990. The van der Waals surface area contributed by atoms with Gasteiger partial charge in [0.2, 0.25) is 0 Å². The van der Waals surface area contributed by atoms with Crippen molar-refractivity contribution in [1.82, 2.24) is 9.66 Å². The van der Waals surface area contributed by atoms with Crippen molar-refractivity contribution in [3.8, 4) is 0 Å². The molecule has 0 aliphatic rings. The molecule has 0 unspecified atom stereocenters. The Morgan fingerprint density at radius 2 is 1.61 bits per heavy atom. The lowest BCUT2D eigenvalue weighted by Gasteiger charge is -2.04. The molecule has 0 amide bonds. The Labute approximate surface area is 112 Å². The van der Waals surface area contributed by atoms with Crippen molar-refractivity contribution in [2.45, 2.75) is 78.6 Å². The smallest absolute Gasteiger partial charge is 0.127 e. The maximum Gasteiger partial charge on any atom is 0.127 e. The minimum atomic E-state index is 0.965. The minimum absolute atomic E-state index is 0.965. The van der Waals surface area contributed by atoms with Crippen LogP contribution in [0.5, 0.6) is 0 Å². The van der Waals surface area contributed by atoms with Crippen molar-refractivity contribution in [3.05, 3.63) is 17.2 Å². The van der Waals surface area contributed by atoms with Gasteiger partial charge < -0.3 is 5.84 Å². The van der Waals surface area contributed by atoms with Gasteiger partial charge in [0, 0.05) is 6.42 Å². The van der Waals surface area contributed by atoms with Crippen LogP contribution in [0.1, 0.15) is 76.0 Å². The van der Waals surface area contributed by atoms with Gasteiger partial charge in [0.15, 0.2) is 0 Å². The fourth-order valence-corrected chi connectivity index (χ4v) is 2.48. The van der Waals surface area contributed by atoms with E-state index < -0.39 is 0 Å². The van der Waals surface area contributed by atoms with Gasteiger partial charge in [-0.05, 0) is 19.8 Å². The molecule has 3 nitrogen and oxygen atoms in total. The maximum atomic E-state index is 6.05. The highest BCUT2D eigenvalue weighted by molar-refractivity contribution is 5.16. The van der Waals surface area contributed by atoms with Crippen molar-refractivity contribution in [3.63, 3.8) is 0 Å². The van der Waals surface area contributed by atoms with E-state index in [1.807, 2.05) is 0 Å². The number of aromatic nitrogens is 2. The van der Waals surface area contributed by atoms with Crippen molar-refractivity contribution in [1.29, 1.82) is 0 Å². The van der Waals surface area contributed by atoms with E-state index in [1.54, 1.807) is 4.68 Å². The number of hydrogen-bond donors (Lipinski definition) is 1. The highest BCUT2D eigenvalue weighted by Crippen LogP contribution is 2.13. The number of nitrogens with zero attached hydrogens (tertiary/aromatic N) is 2. The summed E-state index contributed by atoms with van der Waals surface area (Å²) in [4.78, 5) is 4.57. The van der Waals surface area contributed by atoms with Gasteiger partial charge in [-0.15, -0.1) is 0 Å². The Bertz CT molecular complexity index is 342. The van der Waals surface area contributed by atoms with Crippen LogP contribution in [-0.2, 0) is 12.8 Å². The third-order valence-corrected chi connectivity index (χ3v) is 3.62. The molecule has 1 heterocycles. The summed E-state index contributed by atoms with van der Waals surface area (Å²) in [5.74, 6) is 7.10. The van der Waals surface area contributed by atoms with Crippen LogP contribution in [0.15, 0.2) is 0 Å². The SMILES string of the molecule is CCCCCCCCCc1nc(C)c(CC)n1N. The lowest BCUT2D eigenvalue weighted by Crippen LogP contribution is -2.15. The normalized spacial score (nSPS) is 11.1. The van der Waals surface area contributed by atoms with Gasteiger partial charge in [0.1, 0.15) is 5.82 Å². The summed E-state index contributed by atoms with van der Waals surface area (Å²) >= 11 is 0. The Kier molecular flexibility index (Phi) is 6.84. The van der Waals surface area contributed by atoms with Crippen LogP contribution in [0.4, 0.5) is 0 Å². The fourth-order valence-electron chi connectivity index (χ4n) is 2.48. The Morgan fingerprint density at radius 3 is 2.17 bits per heavy atom. The van der Waals surface area contributed by atoms with E-state index in [9.17, 15) is 0 Å². The molecule has 1 rings (SSSR count). The zero-order valence-electron chi connectivity index (χ0n) is 12.3. The first kappa shape index (κ1) is 15.1. The summed E-state index contributed by atoms with van der Waals surface area (Å²) < 4.78 is 1.80. The van der Waals surface area contributed by atoms with Crippen LogP contribution >= 0.6 is 0 Å². The number of hydrogen-bond acceptors (Lipinski definition) is 2. The van der Waals surface area contributed by atoms with E-state index >= 15 is 0 Å². The molecule has 0 atom stereocenters. The van der Waals surface area contributed by atoms with Crippen LogP contribution < -0.4 is 5.84 Å². The highest BCUT2D eigenvalue weighted by Gasteiger charge is 2.09. The van der Waals surface area contributed by atoms with Crippen molar-refractivity contribution in [2.24, 2.45) is 0 Å². The molecule has 0 bridgehead atoms. The summed E-state index contributed by atoms with van der Waals surface area (Å²) in [6.45, 7) is 6.44. The van der Waals surface area contributed by atoms with Crippen LogP contribution in [-0.4, -0.2) is 9.66 Å². The molecule has 104 valence electrons. The molecule has 2 N–H and O–H groups in total. The van der Waals surface area contributed by atoms with E-state index in [4.69, 9.17) is 5.84 Å². The first-order valence-electron chi connectivity index (χ1n) is 7.52. The van der Waals surface area contributed by atoms with E-state index in [1.165, 1.54) is 50.6 Å². The van der Waals surface area contributed by atoms with Gasteiger partial charge in [0.25, 0.3) is 0 Å². The molecule has 1 aromatic heterocycles. The first-order valence-corrected chi connectivity index (χ1v) is 7.52. The number of nitrogen functional groups attached to an aromatic ring is 1. The Balaban J connectivity index is 2.23. The molecule has 1 aromatic rings. The molecule has 0 fully saturated rings. The monoisotopic (exact) mass is 251 g/mol. The molecule has 3 heteroatoms. The molecule has 0 aliphatic heterocycles. The van der Waals surface area contributed by atoms with Gasteiger partial charge >= 0.3 is 0 Å². The Morgan fingerprint density at radius 1 is 1.00 bits per heavy atom. The molecule has 0 saturated heterocycles. The van der Waals surface area contributed by atoms with E-state index in [2.05, 4.69) is 25.8 Å². The standard InChI is InChI=1S/C15H29N3/c1-4-6-7-8-9-10-11-12-15-17-13(3)14(5-2)18(15)16/h4-12,16H2,1-3H3. The van der Waals surface area contributed by atoms with Gasteiger partial charge in [-0.25, -0.2) is 4.98 Å². The van der Waals surface area contributed by atoms with Gasteiger partial charge in [-0.2, -0.15) is 0 Å². The molecular weight excluding hydrogens is 222 g/mol. The van der Waals surface area contributed by atoms with Gasteiger partial charge in [-0.3, -0.25) is 4.68 Å². The number of imidazole rings is 1. The highest BCUT2D eigenvalue weighted by atomic mass is 15.3. The summed E-state index contributed by atoms with van der Waals surface area (Å²) in [5, 5.41) is 0. The molecule has 0 radical (unpaired) electrons. The number of nitrogens with two attached hydrogens (primary N) is 1. The second-order valence-corrected chi connectivity index (χ2v) is 5.16. The van der Waals surface area contributed by atoms with Gasteiger partial charge in [0.05, 0.1) is 11.4 Å². The summed E-state index contributed by atoms with van der Waals surface area (Å²) in [6.07, 6.45) is 11.3. The first-order chi connectivity index (χ1) is 8.70. The van der Waals surface area contributed by atoms with Crippen LogP contribution in [0.25, 0.3) is 0 Å². The van der Waals surface area contributed by atoms with Crippen molar-refractivity contribution >= 4 is 0 Å². The van der Waals surface area contributed by atoms with Crippen molar-refractivity contribution < 1.29 is 0 Å². The van der Waals surface area contributed by atoms with Crippen molar-refractivity contribution in [2.75, 3.05) is 5.84 Å². The second kappa shape index (κ2) is 8.17.